The third kappa shape index (κ3) is 2.23. The van der Waals surface area contributed by atoms with Gasteiger partial charge < -0.3 is 11.1 Å². The van der Waals surface area contributed by atoms with E-state index in [0.717, 1.165) is 10.2 Å². The molecule has 0 saturated heterocycles. The normalized spacial score (nSPS) is 9.42. The Morgan fingerprint density at radius 2 is 2.50 bits per heavy atom. The minimum absolute atomic E-state index is 0.504. The molecule has 0 spiro atoms. The second kappa shape index (κ2) is 4.11. The van der Waals surface area contributed by atoms with Crippen LogP contribution in [-0.4, -0.2) is 11.5 Å². The van der Waals surface area contributed by atoms with E-state index in [0.29, 0.717) is 12.4 Å². The molecule has 0 bridgehead atoms. The number of pyridine rings is 1. The molecule has 0 saturated carbocycles. The first-order chi connectivity index (χ1) is 5.74. The molecular weight excluding hydrogens is 218 g/mol. The number of anilines is 2. The van der Waals surface area contributed by atoms with Crippen LogP contribution in [0.25, 0.3) is 0 Å². The van der Waals surface area contributed by atoms with Crippen molar-refractivity contribution in [3.63, 3.8) is 0 Å². The van der Waals surface area contributed by atoms with E-state index in [1.807, 2.05) is 0 Å². The zero-order valence-corrected chi connectivity index (χ0v) is 8.13. The van der Waals surface area contributed by atoms with Crippen LogP contribution in [-0.2, 0) is 0 Å². The van der Waals surface area contributed by atoms with Crippen molar-refractivity contribution in [1.29, 1.82) is 0 Å². The highest BCUT2D eigenvalue weighted by atomic mass is 79.9. The predicted molar refractivity (Wildman–Crippen MR) is 55.0 cm³/mol. The Balaban J connectivity index is 2.82. The zero-order valence-electron chi connectivity index (χ0n) is 6.55. The van der Waals surface area contributed by atoms with E-state index in [9.17, 15) is 0 Å². The quantitative estimate of drug-likeness (QED) is 0.778. The first kappa shape index (κ1) is 9.06. The molecule has 1 rings (SSSR count). The van der Waals surface area contributed by atoms with Gasteiger partial charge in [-0.3, -0.25) is 0 Å². The summed E-state index contributed by atoms with van der Waals surface area (Å²) < 4.78 is 0.901. The molecule has 12 heavy (non-hydrogen) atoms. The fourth-order valence-electron chi connectivity index (χ4n) is 0.772. The summed E-state index contributed by atoms with van der Waals surface area (Å²) in [6.07, 6.45) is 3.45. The number of rotatable bonds is 3. The average Bonchev–Trinajstić information content (AvgIpc) is 2.07. The van der Waals surface area contributed by atoms with Crippen molar-refractivity contribution in [2.45, 2.75) is 0 Å². The molecule has 64 valence electrons. The van der Waals surface area contributed by atoms with Gasteiger partial charge in [-0.05, 0) is 15.9 Å². The lowest BCUT2D eigenvalue weighted by atomic mass is 10.4. The molecule has 0 unspecified atom stereocenters. The Bertz CT molecular complexity index is 286. The Kier molecular flexibility index (Phi) is 3.10. The van der Waals surface area contributed by atoms with E-state index < -0.39 is 0 Å². The van der Waals surface area contributed by atoms with E-state index >= 15 is 0 Å². The summed E-state index contributed by atoms with van der Waals surface area (Å²) in [6.45, 7) is 4.31. The van der Waals surface area contributed by atoms with Crippen LogP contribution in [0.1, 0.15) is 0 Å². The summed E-state index contributed by atoms with van der Waals surface area (Å²) in [5.41, 5.74) is 6.43. The van der Waals surface area contributed by atoms with Crippen LogP contribution < -0.4 is 11.1 Å². The number of hydrogen-bond donors (Lipinski definition) is 2. The van der Waals surface area contributed by atoms with E-state index in [1.165, 1.54) is 0 Å². The summed E-state index contributed by atoms with van der Waals surface area (Å²) in [6, 6.07) is 1.77. The highest BCUT2D eigenvalue weighted by Crippen LogP contribution is 2.22. The van der Waals surface area contributed by atoms with E-state index in [1.54, 1.807) is 18.3 Å². The number of nitrogens with zero attached hydrogens (tertiary/aromatic N) is 1. The maximum absolute atomic E-state index is 5.50. The van der Waals surface area contributed by atoms with Crippen LogP contribution in [0.15, 0.2) is 29.4 Å². The Morgan fingerprint density at radius 3 is 3.17 bits per heavy atom. The van der Waals surface area contributed by atoms with Crippen molar-refractivity contribution in [3.8, 4) is 0 Å². The van der Waals surface area contributed by atoms with Gasteiger partial charge in [-0.1, -0.05) is 6.08 Å². The highest BCUT2D eigenvalue weighted by Gasteiger charge is 1.98. The van der Waals surface area contributed by atoms with Gasteiger partial charge in [0.05, 0.1) is 10.2 Å². The highest BCUT2D eigenvalue weighted by molar-refractivity contribution is 9.10. The minimum atomic E-state index is 0.504. The van der Waals surface area contributed by atoms with Gasteiger partial charge in [0.25, 0.3) is 0 Å². The van der Waals surface area contributed by atoms with Gasteiger partial charge in [0.2, 0.25) is 0 Å². The monoisotopic (exact) mass is 227 g/mol. The number of nitrogen functional groups attached to an aromatic ring is 1. The van der Waals surface area contributed by atoms with Gasteiger partial charge in [-0.15, -0.1) is 6.58 Å². The van der Waals surface area contributed by atoms with Crippen LogP contribution in [0, 0.1) is 0 Å². The average molecular weight is 228 g/mol. The van der Waals surface area contributed by atoms with Crippen LogP contribution >= 0.6 is 15.9 Å². The second-order valence-electron chi connectivity index (χ2n) is 2.26. The van der Waals surface area contributed by atoms with Crippen molar-refractivity contribution in [2.75, 3.05) is 17.6 Å². The molecule has 0 aliphatic rings. The van der Waals surface area contributed by atoms with Gasteiger partial charge in [0.1, 0.15) is 5.82 Å². The van der Waals surface area contributed by atoms with Gasteiger partial charge >= 0.3 is 0 Å². The predicted octanol–water partition coefficient (Wildman–Crippen LogP) is 2.02. The summed E-state index contributed by atoms with van der Waals surface area (Å²) in [5, 5.41) is 3.12. The number of nitrogens with two attached hydrogens (primary N) is 1. The maximum Gasteiger partial charge on any atom is 0.125 e. The molecule has 0 aromatic carbocycles. The fraction of sp³-hybridized carbons (Fsp3) is 0.125. The van der Waals surface area contributed by atoms with Crippen molar-refractivity contribution in [2.24, 2.45) is 0 Å². The maximum atomic E-state index is 5.50. The zero-order chi connectivity index (χ0) is 8.97. The second-order valence-corrected chi connectivity index (χ2v) is 3.11. The molecule has 3 N–H and O–H groups in total. The molecule has 0 aliphatic carbocycles. The summed E-state index contributed by atoms with van der Waals surface area (Å²) >= 11 is 3.35. The van der Waals surface area contributed by atoms with E-state index in [2.05, 4.69) is 32.8 Å². The molecule has 3 nitrogen and oxygen atoms in total. The summed E-state index contributed by atoms with van der Waals surface area (Å²) in [4.78, 5) is 3.91. The van der Waals surface area contributed by atoms with Crippen LogP contribution in [0.2, 0.25) is 0 Å². The summed E-state index contributed by atoms with van der Waals surface area (Å²) in [5.74, 6) is 0.504. The molecule has 1 aromatic heterocycles. The molecule has 1 aromatic rings. The molecule has 0 aliphatic heterocycles. The third-order valence-electron chi connectivity index (χ3n) is 1.31. The lowest BCUT2D eigenvalue weighted by Crippen LogP contribution is -2.00. The molecular formula is C8H10BrN3. The Hall–Kier alpha value is -1.03. The van der Waals surface area contributed by atoms with E-state index in [4.69, 9.17) is 5.73 Å². The largest absolute Gasteiger partial charge is 0.384 e. The molecule has 0 radical (unpaired) electrons. The van der Waals surface area contributed by atoms with Crippen molar-refractivity contribution < 1.29 is 0 Å². The van der Waals surface area contributed by atoms with E-state index in [-0.39, 0.29) is 0 Å². The lowest BCUT2D eigenvalue weighted by Gasteiger charge is -2.05. The van der Waals surface area contributed by atoms with Gasteiger partial charge in [-0.25, -0.2) is 4.98 Å². The first-order valence-electron chi connectivity index (χ1n) is 3.50. The van der Waals surface area contributed by atoms with Gasteiger partial charge in [0.15, 0.2) is 0 Å². The van der Waals surface area contributed by atoms with Crippen LogP contribution in [0.4, 0.5) is 11.5 Å². The van der Waals surface area contributed by atoms with Crippen molar-refractivity contribution >= 4 is 27.4 Å². The fourth-order valence-corrected chi connectivity index (χ4v) is 1.13. The Labute approximate surface area is 79.8 Å². The van der Waals surface area contributed by atoms with Crippen LogP contribution in [0.3, 0.4) is 0 Å². The minimum Gasteiger partial charge on any atom is -0.384 e. The van der Waals surface area contributed by atoms with Crippen LogP contribution in [0.5, 0.6) is 0 Å². The lowest BCUT2D eigenvalue weighted by molar-refractivity contribution is 1.27. The molecule has 4 heteroatoms. The number of halogens is 1. The topological polar surface area (TPSA) is 50.9 Å². The number of aromatic nitrogens is 1. The standard InChI is InChI=1S/C8H10BrN3/c1-2-3-11-7-4-8(10)12-5-6(7)9/h2,4-5H,1,3H2,(H3,10,11,12). The molecule has 0 atom stereocenters. The molecule has 1 heterocycles. The van der Waals surface area contributed by atoms with Crippen molar-refractivity contribution in [1.82, 2.24) is 4.98 Å². The Morgan fingerprint density at radius 1 is 1.75 bits per heavy atom. The first-order valence-corrected chi connectivity index (χ1v) is 4.29. The van der Waals surface area contributed by atoms with Gasteiger partial charge in [-0.2, -0.15) is 0 Å². The van der Waals surface area contributed by atoms with Gasteiger partial charge in [0, 0.05) is 18.8 Å². The number of hydrogen-bond acceptors (Lipinski definition) is 3. The van der Waals surface area contributed by atoms with Crippen molar-refractivity contribution in [3.05, 3.63) is 29.4 Å². The smallest absolute Gasteiger partial charge is 0.125 e. The summed E-state index contributed by atoms with van der Waals surface area (Å²) in [7, 11) is 0. The third-order valence-corrected chi connectivity index (χ3v) is 1.95. The molecule has 0 amide bonds. The number of nitrogens with one attached hydrogen (secondary N) is 1. The molecule has 0 fully saturated rings. The SMILES string of the molecule is C=CCNc1cc(N)ncc1Br.